The molecular weight excluding hydrogens is 425 g/mol. The molecule has 0 aliphatic heterocycles. The molecule has 6 nitrogen and oxygen atoms in total. The molecule has 0 aromatic heterocycles. The quantitative estimate of drug-likeness (QED) is 0.632. The topological polar surface area (TPSA) is 78.5 Å². The van der Waals surface area contributed by atoms with Gasteiger partial charge in [-0.15, -0.1) is 0 Å². The van der Waals surface area contributed by atoms with E-state index in [1.54, 1.807) is 42.5 Å². The summed E-state index contributed by atoms with van der Waals surface area (Å²) in [6.07, 6.45) is 0.681. The van der Waals surface area contributed by atoms with Gasteiger partial charge in [0.15, 0.2) is 0 Å². The van der Waals surface area contributed by atoms with Crippen LogP contribution in [0.1, 0.15) is 30.6 Å². The zero-order chi connectivity index (χ0) is 22.3. The van der Waals surface area contributed by atoms with E-state index in [1.807, 2.05) is 19.9 Å². The largest absolute Gasteiger partial charge is 0.340 e. The molecular formula is C22H25Cl2N3O3. The highest BCUT2D eigenvalue weighted by Crippen LogP contribution is 2.29. The SMILES string of the molecule is CCC(C)C(NC(=O)c1ccccc1)C(=O)N(C)CC(=O)Nc1c(Cl)cccc1Cl. The first-order valence-electron chi connectivity index (χ1n) is 9.59. The van der Waals surface area contributed by atoms with E-state index in [4.69, 9.17) is 23.2 Å². The normalized spacial score (nSPS) is 12.6. The van der Waals surface area contributed by atoms with Gasteiger partial charge in [0.1, 0.15) is 6.04 Å². The molecule has 2 aromatic carbocycles. The molecule has 0 bridgehead atoms. The van der Waals surface area contributed by atoms with E-state index >= 15 is 0 Å². The van der Waals surface area contributed by atoms with Crippen molar-refractivity contribution in [3.63, 3.8) is 0 Å². The lowest BCUT2D eigenvalue weighted by Crippen LogP contribution is -2.52. The van der Waals surface area contributed by atoms with Gasteiger partial charge in [-0.25, -0.2) is 0 Å². The Kier molecular flexibility index (Phi) is 8.69. The van der Waals surface area contributed by atoms with Crippen LogP contribution in [-0.2, 0) is 9.59 Å². The molecule has 0 aliphatic carbocycles. The number of halogens is 2. The predicted molar refractivity (Wildman–Crippen MR) is 120 cm³/mol. The lowest BCUT2D eigenvalue weighted by molar-refractivity contribution is -0.136. The molecule has 0 saturated carbocycles. The lowest BCUT2D eigenvalue weighted by atomic mass is 9.97. The van der Waals surface area contributed by atoms with Gasteiger partial charge < -0.3 is 15.5 Å². The number of para-hydroxylation sites is 1. The van der Waals surface area contributed by atoms with E-state index in [0.29, 0.717) is 27.7 Å². The minimum Gasteiger partial charge on any atom is -0.340 e. The fourth-order valence-electron chi connectivity index (χ4n) is 2.82. The average Bonchev–Trinajstić information content (AvgIpc) is 2.74. The van der Waals surface area contributed by atoms with E-state index in [0.717, 1.165) is 0 Å². The van der Waals surface area contributed by atoms with E-state index < -0.39 is 11.9 Å². The molecule has 0 aliphatic rings. The maximum Gasteiger partial charge on any atom is 0.251 e. The highest BCUT2D eigenvalue weighted by Gasteiger charge is 2.29. The van der Waals surface area contributed by atoms with E-state index in [-0.39, 0.29) is 24.3 Å². The third kappa shape index (κ3) is 6.21. The molecule has 8 heteroatoms. The number of hydrogen-bond donors (Lipinski definition) is 2. The number of nitrogens with one attached hydrogen (secondary N) is 2. The predicted octanol–water partition coefficient (Wildman–Crippen LogP) is 4.24. The van der Waals surface area contributed by atoms with E-state index in [9.17, 15) is 14.4 Å². The third-order valence-electron chi connectivity index (χ3n) is 4.79. The molecule has 3 amide bonds. The number of benzene rings is 2. The molecule has 2 unspecified atom stereocenters. The number of carbonyl (C=O) groups excluding carboxylic acids is 3. The number of amides is 3. The van der Waals surface area contributed by atoms with Crippen molar-refractivity contribution in [2.45, 2.75) is 26.3 Å². The number of carbonyl (C=O) groups is 3. The van der Waals surface area contributed by atoms with Gasteiger partial charge in [0, 0.05) is 12.6 Å². The number of likely N-dealkylation sites (N-methyl/N-ethyl adjacent to an activating group) is 1. The molecule has 0 heterocycles. The summed E-state index contributed by atoms with van der Waals surface area (Å²) in [7, 11) is 1.51. The molecule has 2 N–H and O–H groups in total. The van der Waals surface area contributed by atoms with Crippen LogP contribution < -0.4 is 10.6 Å². The van der Waals surface area contributed by atoms with Gasteiger partial charge in [0.2, 0.25) is 11.8 Å². The van der Waals surface area contributed by atoms with Crippen LogP contribution in [0.2, 0.25) is 10.0 Å². The fourth-order valence-corrected chi connectivity index (χ4v) is 3.32. The van der Waals surface area contributed by atoms with Crippen LogP contribution >= 0.6 is 23.2 Å². The first-order valence-corrected chi connectivity index (χ1v) is 10.3. The second-order valence-electron chi connectivity index (χ2n) is 7.04. The Morgan fingerprint density at radius 1 is 1.00 bits per heavy atom. The summed E-state index contributed by atoms with van der Waals surface area (Å²) in [5, 5.41) is 6.04. The first kappa shape index (κ1) is 23.7. The maximum absolute atomic E-state index is 13.0. The molecule has 2 aromatic rings. The van der Waals surface area contributed by atoms with Crippen molar-refractivity contribution in [1.29, 1.82) is 0 Å². The van der Waals surface area contributed by atoms with Crippen molar-refractivity contribution in [1.82, 2.24) is 10.2 Å². The van der Waals surface area contributed by atoms with Gasteiger partial charge in [-0.2, -0.15) is 0 Å². The molecule has 2 rings (SSSR count). The van der Waals surface area contributed by atoms with E-state index in [2.05, 4.69) is 10.6 Å². The molecule has 0 spiro atoms. The molecule has 0 saturated heterocycles. The second kappa shape index (κ2) is 11.0. The molecule has 160 valence electrons. The number of hydrogen-bond acceptors (Lipinski definition) is 3. The smallest absolute Gasteiger partial charge is 0.251 e. The monoisotopic (exact) mass is 449 g/mol. The Balaban J connectivity index is 2.07. The van der Waals surface area contributed by atoms with Crippen molar-refractivity contribution >= 4 is 46.6 Å². The van der Waals surface area contributed by atoms with Crippen LogP contribution in [0, 0.1) is 5.92 Å². The third-order valence-corrected chi connectivity index (χ3v) is 5.42. The van der Waals surface area contributed by atoms with Crippen LogP contribution in [0.4, 0.5) is 5.69 Å². The molecule has 0 fully saturated rings. The van der Waals surface area contributed by atoms with Crippen molar-refractivity contribution in [2.24, 2.45) is 5.92 Å². The van der Waals surface area contributed by atoms with Crippen molar-refractivity contribution in [2.75, 3.05) is 18.9 Å². The van der Waals surface area contributed by atoms with Gasteiger partial charge in [0.25, 0.3) is 5.91 Å². The summed E-state index contributed by atoms with van der Waals surface area (Å²) in [6.45, 7) is 3.60. The first-order chi connectivity index (χ1) is 14.2. The molecule has 30 heavy (non-hydrogen) atoms. The van der Waals surface area contributed by atoms with Crippen molar-refractivity contribution in [3.05, 3.63) is 64.1 Å². The van der Waals surface area contributed by atoms with E-state index in [1.165, 1.54) is 11.9 Å². The highest BCUT2D eigenvalue weighted by molar-refractivity contribution is 6.39. The van der Waals surface area contributed by atoms with Gasteiger partial charge in [0.05, 0.1) is 22.3 Å². The maximum atomic E-state index is 13.0. The summed E-state index contributed by atoms with van der Waals surface area (Å²) < 4.78 is 0. The van der Waals surface area contributed by atoms with Gasteiger partial charge in [-0.1, -0.05) is 67.7 Å². The Hall–Kier alpha value is -2.57. The Labute approximate surface area is 186 Å². The van der Waals surface area contributed by atoms with Crippen LogP contribution in [0.5, 0.6) is 0 Å². The molecule has 0 radical (unpaired) electrons. The van der Waals surface area contributed by atoms with Gasteiger partial charge >= 0.3 is 0 Å². The standard InChI is InChI=1S/C22H25Cl2N3O3/c1-4-14(2)19(26-21(29)15-9-6-5-7-10-15)22(30)27(3)13-18(28)25-20-16(23)11-8-12-17(20)24/h5-12,14,19H,4,13H2,1-3H3,(H,25,28)(H,26,29). The summed E-state index contributed by atoms with van der Waals surface area (Å²) in [4.78, 5) is 39.3. The Morgan fingerprint density at radius 2 is 1.60 bits per heavy atom. The lowest BCUT2D eigenvalue weighted by Gasteiger charge is -2.28. The van der Waals surface area contributed by atoms with Crippen LogP contribution in [0.3, 0.4) is 0 Å². The zero-order valence-electron chi connectivity index (χ0n) is 17.1. The second-order valence-corrected chi connectivity index (χ2v) is 7.86. The van der Waals surface area contributed by atoms with Crippen molar-refractivity contribution in [3.8, 4) is 0 Å². The zero-order valence-corrected chi connectivity index (χ0v) is 18.6. The Bertz CT molecular complexity index is 886. The summed E-state index contributed by atoms with van der Waals surface area (Å²) in [6, 6.07) is 12.8. The average molecular weight is 450 g/mol. The summed E-state index contributed by atoms with van der Waals surface area (Å²) in [5.74, 6) is -1.25. The Morgan fingerprint density at radius 3 is 2.17 bits per heavy atom. The number of anilines is 1. The van der Waals surface area contributed by atoms with Gasteiger partial charge in [-0.3, -0.25) is 14.4 Å². The van der Waals surface area contributed by atoms with Crippen LogP contribution in [-0.4, -0.2) is 42.3 Å². The van der Waals surface area contributed by atoms with Crippen LogP contribution in [0.25, 0.3) is 0 Å². The summed E-state index contributed by atoms with van der Waals surface area (Å²) in [5.41, 5.74) is 0.759. The van der Waals surface area contributed by atoms with Crippen LogP contribution in [0.15, 0.2) is 48.5 Å². The minimum atomic E-state index is -0.760. The minimum absolute atomic E-state index is 0.117. The number of rotatable bonds is 8. The highest BCUT2D eigenvalue weighted by atomic mass is 35.5. The molecule has 2 atom stereocenters. The van der Waals surface area contributed by atoms with Gasteiger partial charge in [-0.05, 0) is 30.2 Å². The fraction of sp³-hybridized carbons (Fsp3) is 0.318. The number of nitrogens with zero attached hydrogens (tertiary/aromatic N) is 1. The summed E-state index contributed by atoms with van der Waals surface area (Å²) >= 11 is 12.1. The van der Waals surface area contributed by atoms with Crippen molar-refractivity contribution < 1.29 is 14.4 Å².